The van der Waals surface area contributed by atoms with Crippen LogP contribution < -0.4 is 5.32 Å². The van der Waals surface area contributed by atoms with E-state index in [0.29, 0.717) is 19.4 Å². The van der Waals surface area contributed by atoms with Gasteiger partial charge in [-0.15, -0.1) is 0 Å². The molecule has 0 bridgehead atoms. The SMILES string of the molecule is CN(C)CCC(=O)NCCc1ccc(O)c(O)c1. The summed E-state index contributed by atoms with van der Waals surface area (Å²) in [7, 11) is 3.85. The second kappa shape index (κ2) is 6.86. The van der Waals surface area contributed by atoms with Gasteiger partial charge >= 0.3 is 0 Å². The summed E-state index contributed by atoms with van der Waals surface area (Å²) < 4.78 is 0. The van der Waals surface area contributed by atoms with Gasteiger partial charge in [-0.1, -0.05) is 6.07 Å². The van der Waals surface area contributed by atoms with Gasteiger partial charge in [0.1, 0.15) is 0 Å². The van der Waals surface area contributed by atoms with Crippen LogP contribution in [0.4, 0.5) is 0 Å². The average Bonchev–Trinajstić information content (AvgIpc) is 2.31. The first-order valence-corrected chi connectivity index (χ1v) is 5.91. The standard InChI is InChI=1S/C13H20N2O3/c1-15(2)8-6-13(18)14-7-5-10-3-4-11(16)12(17)9-10/h3-4,9,16-17H,5-8H2,1-2H3,(H,14,18). The number of carbonyl (C=O) groups excluding carboxylic acids is 1. The van der Waals surface area contributed by atoms with E-state index in [1.54, 1.807) is 6.07 Å². The molecule has 1 aromatic carbocycles. The van der Waals surface area contributed by atoms with Crippen molar-refractivity contribution < 1.29 is 15.0 Å². The van der Waals surface area contributed by atoms with Gasteiger partial charge in [0, 0.05) is 19.5 Å². The van der Waals surface area contributed by atoms with E-state index in [4.69, 9.17) is 5.11 Å². The number of nitrogens with zero attached hydrogens (tertiary/aromatic N) is 1. The minimum atomic E-state index is -0.133. The summed E-state index contributed by atoms with van der Waals surface area (Å²) in [5.41, 5.74) is 0.873. The summed E-state index contributed by atoms with van der Waals surface area (Å²) in [6, 6.07) is 4.67. The molecule has 0 unspecified atom stereocenters. The Hall–Kier alpha value is -1.75. The molecular weight excluding hydrogens is 232 g/mol. The van der Waals surface area contributed by atoms with E-state index in [9.17, 15) is 9.90 Å². The van der Waals surface area contributed by atoms with Crippen LogP contribution in [0.15, 0.2) is 18.2 Å². The molecule has 18 heavy (non-hydrogen) atoms. The minimum Gasteiger partial charge on any atom is -0.504 e. The van der Waals surface area contributed by atoms with Crippen molar-refractivity contribution >= 4 is 5.91 Å². The van der Waals surface area contributed by atoms with Gasteiger partial charge in [0.05, 0.1) is 0 Å². The Morgan fingerprint density at radius 3 is 2.61 bits per heavy atom. The van der Waals surface area contributed by atoms with Gasteiger partial charge in [0.25, 0.3) is 0 Å². The number of nitrogens with one attached hydrogen (secondary N) is 1. The largest absolute Gasteiger partial charge is 0.504 e. The lowest BCUT2D eigenvalue weighted by Crippen LogP contribution is -2.28. The van der Waals surface area contributed by atoms with Gasteiger partial charge in [-0.05, 0) is 38.2 Å². The number of hydrogen-bond acceptors (Lipinski definition) is 4. The van der Waals surface area contributed by atoms with Crippen molar-refractivity contribution in [1.29, 1.82) is 0 Å². The number of carbonyl (C=O) groups is 1. The summed E-state index contributed by atoms with van der Waals surface area (Å²) >= 11 is 0. The molecule has 0 fully saturated rings. The summed E-state index contributed by atoms with van der Waals surface area (Å²) in [5, 5.41) is 21.3. The molecule has 0 saturated heterocycles. The maximum Gasteiger partial charge on any atom is 0.221 e. The topological polar surface area (TPSA) is 72.8 Å². The van der Waals surface area contributed by atoms with Crippen molar-refractivity contribution in [3.05, 3.63) is 23.8 Å². The van der Waals surface area contributed by atoms with E-state index in [-0.39, 0.29) is 17.4 Å². The molecule has 3 N–H and O–H groups in total. The number of phenolic OH excluding ortho intramolecular Hbond substituents is 2. The van der Waals surface area contributed by atoms with Crippen LogP contribution in [0, 0.1) is 0 Å². The Morgan fingerprint density at radius 1 is 1.28 bits per heavy atom. The van der Waals surface area contributed by atoms with Crippen molar-refractivity contribution in [2.24, 2.45) is 0 Å². The fourth-order valence-electron chi connectivity index (χ4n) is 1.48. The van der Waals surface area contributed by atoms with Gasteiger partial charge in [-0.25, -0.2) is 0 Å². The Morgan fingerprint density at radius 2 is 2.00 bits per heavy atom. The second-order valence-electron chi connectivity index (χ2n) is 4.48. The average molecular weight is 252 g/mol. The molecule has 0 spiro atoms. The zero-order chi connectivity index (χ0) is 13.5. The van der Waals surface area contributed by atoms with Crippen molar-refractivity contribution in [1.82, 2.24) is 10.2 Å². The van der Waals surface area contributed by atoms with E-state index in [1.165, 1.54) is 12.1 Å². The van der Waals surface area contributed by atoms with Crippen LogP contribution in [0.5, 0.6) is 11.5 Å². The molecule has 100 valence electrons. The van der Waals surface area contributed by atoms with Gasteiger partial charge in [-0.3, -0.25) is 4.79 Å². The molecule has 5 nitrogen and oxygen atoms in total. The van der Waals surface area contributed by atoms with Crippen LogP contribution in [-0.4, -0.2) is 48.2 Å². The highest BCUT2D eigenvalue weighted by Gasteiger charge is 2.03. The van der Waals surface area contributed by atoms with E-state index < -0.39 is 0 Å². The molecule has 5 heteroatoms. The lowest BCUT2D eigenvalue weighted by molar-refractivity contribution is -0.121. The number of benzene rings is 1. The van der Waals surface area contributed by atoms with Gasteiger partial charge in [0.2, 0.25) is 5.91 Å². The summed E-state index contributed by atoms with van der Waals surface area (Å²) in [6.07, 6.45) is 1.11. The molecule has 0 aliphatic rings. The van der Waals surface area contributed by atoms with Gasteiger partial charge < -0.3 is 20.4 Å². The number of hydrogen-bond donors (Lipinski definition) is 3. The van der Waals surface area contributed by atoms with Crippen LogP contribution in [0.2, 0.25) is 0 Å². The van der Waals surface area contributed by atoms with Gasteiger partial charge in [0.15, 0.2) is 11.5 Å². The fourth-order valence-corrected chi connectivity index (χ4v) is 1.48. The number of aromatic hydroxyl groups is 2. The molecular formula is C13H20N2O3. The molecule has 1 aromatic rings. The van der Waals surface area contributed by atoms with Crippen molar-refractivity contribution in [3.8, 4) is 11.5 Å². The third kappa shape index (κ3) is 5.05. The van der Waals surface area contributed by atoms with E-state index in [2.05, 4.69) is 5.32 Å². The Labute approximate surface area is 107 Å². The molecule has 0 atom stereocenters. The fraction of sp³-hybridized carbons (Fsp3) is 0.462. The predicted octanol–water partition coefficient (Wildman–Crippen LogP) is 0.708. The first-order chi connectivity index (χ1) is 8.49. The van der Waals surface area contributed by atoms with Crippen LogP contribution in [-0.2, 0) is 11.2 Å². The van der Waals surface area contributed by atoms with Crippen LogP contribution >= 0.6 is 0 Å². The molecule has 0 heterocycles. The molecule has 1 rings (SSSR count). The van der Waals surface area contributed by atoms with Crippen LogP contribution in [0.25, 0.3) is 0 Å². The highest BCUT2D eigenvalue weighted by molar-refractivity contribution is 5.76. The minimum absolute atomic E-state index is 0.0201. The van der Waals surface area contributed by atoms with Gasteiger partial charge in [-0.2, -0.15) is 0 Å². The molecule has 0 saturated carbocycles. The maximum atomic E-state index is 11.4. The molecule has 0 aliphatic carbocycles. The Bertz CT molecular complexity index is 405. The highest BCUT2D eigenvalue weighted by Crippen LogP contribution is 2.24. The number of rotatable bonds is 6. The third-order valence-corrected chi connectivity index (χ3v) is 2.56. The van der Waals surface area contributed by atoms with Crippen molar-refractivity contribution in [3.63, 3.8) is 0 Å². The smallest absolute Gasteiger partial charge is 0.221 e. The highest BCUT2D eigenvalue weighted by atomic mass is 16.3. The summed E-state index contributed by atoms with van der Waals surface area (Å²) in [6.45, 7) is 1.25. The molecule has 0 radical (unpaired) electrons. The van der Waals surface area contributed by atoms with E-state index in [1.807, 2.05) is 19.0 Å². The van der Waals surface area contributed by atoms with Crippen molar-refractivity contribution in [2.75, 3.05) is 27.2 Å². The zero-order valence-corrected chi connectivity index (χ0v) is 10.8. The molecule has 0 aliphatic heterocycles. The lowest BCUT2D eigenvalue weighted by atomic mass is 10.1. The first-order valence-electron chi connectivity index (χ1n) is 5.91. The zero-order valence-electron chi connectivity index (χ0n) is 10.8. The number of phenols is 2. The lowest BCUT2D eigenvalue weighted by Gasteiger charge is -2.09. The Balaban J connectivity index is 2.28. The third-order valence-electron chi connectivity index (χ3n) is 2.56. The molecule has 0 aromatic heterocycles. The molecule has 1 amide bonds. The maximum absolute atomic E-state index is 11.4. The monoisotopic (exact) mass is 252 g/mol. The predicted molar refractivity (Wildman–Crippen MR) is 69.7 cm³/mol. The second-order valence-corrected chi connectivity index (χ2v) is 4.48. The normalized spacial score (nSPS) is 10.6. The van der Waals surface area contributed by atoms with Crippen LogP contribution in [0.3, 0.4) is 0 Å². The number of amides is 1. The Kier molecular flexibility index (Phi) is 5.45. The van der Waals surface area contributed by atoms with E-state index >= 15 is 0 Å². The first kappa shape index (κ1) is 14.3. The van der Waals surface area contributed by atoms with E-state index in [0.717, 1.165) is 12.1 Å². The quantitative estimate of drug-likeness (QED) is 0.652. The summed E-state index contributed by atoms with van der Waals surface area (Å²) in [5.74, 6) is -0.244. The summed E-state index contributed by atoms with van der Waals surface area (Å²) in [4.78, 5) is 13.4. The van der Waals surface area contributed by atoms with Crippen LogP contribution in [0.1, 0.15) is 12.0 Å². The van der Waals surface area contributed by atoms with Crippen molar-refractivity contribution in [2.45, 2.75) is 12.8 Å².